The highest BCUT2D eigenvalue weighted by atomic mass is 32.1. The summed E-state index contributed by atoms with van der Waals surface area (Å²) in [5, 5.41) is 1.46. The molecule has 1 rings (SSSR count). The van der Waals surface area contributed by atoms with Crippen molar-refractivity contribution in [3.05, 3.63) is 0 Å². The number of nitrogens with zero attached hydrogens (tertiary/aromatic N) is 2. The standard InChI is InChI=1S/C7H10N2OS/c1-2-7(10)9-4-3-8-6(9)5-11/h5H,2-4H2,1H3. The van der Waals surface area contributed by atoms with Crippen LogP contribution in [0.2, 0.25) is 0 Å². The zero-order valence-electron chi connectivity index (χ0n) is 6.41. The van der Waals surface area contributed by atoms with E-state index >= 15 is 0 Å². The maximum absolute atomic E-state index is 11.2. The molecule has 0 aromatic heterocycles. The molecule has 1 amide bonds. The van der Waals surface area contributed by atoms with Crippen molar-refractivity contribution in [3.8, 4) is 0 Å². The Morgan fingerprint density at radius 1 is 1.91 bits per heavy atom. The summed E-state index contributed by atoms with van der Waals surface area (Å²) in [6.07, 6.45) is 0.516. The number of amides is 1. The highest BCUT2D eigenvalue weighted by Crippen LogP contribution is 2.02. The third-order valence-electron chi connectivity index (χ3n) is 1.58. The lowest BCUT2D eigenvalue weighted by molar-refractivity contribution is -0.126. The van der Waals surface area contributed by atoms with Crippen LogP contribution in [0.3, 0.4) is 0 Å². The van der Waals surface area contributed by atoms with Gasteiger partial charge in [-0.1, -0.05) is 19.1 Å². The Balaban J connectivity index is 2.67. The first-order chi connectivity index (χ1) is 5.29. The Morgan fingerprint density at radius 2 is 2.64 bits per heavy atom. The zero-order valence-corrected chi connectivity index (χ0v) is 7.23. The molecule has 60 valence electrons. The van der Waals surface area contributed by atoms with Crippen molar-refractivity contribution in [2.45, 2.75) is 13.3 Å². The molecule has 1 heterocycles. The molecule has 0 bridgehead atoms. The van der Waals surface area contributed by atoms with Crippen molar-refractivity contribution in [2.75, 3.05) is 13.1 Å². The molecule has 0 saturated carbocycles. The first kappa shape index (κ1) is 8.33. The van der Waals surface area contributed by atoms with Crippen molar-refractivity contribution < 1.29 is 4.79 Å². The minimum absolute atomic E-state index is 0.0994. The zero-order chi connectivity index (χ0) is 8.27. The number of carbonyl (C=O) groups excluding carboxylic acids is 1. The monoisotopic (exact) mass is 170 g/mol. The molecule has 1 aliphatic heterocycles. The predicted octanol–water partition coefficient (Wildman–Crippen LogP) is 0.637. The number of rotatable bonds is 2. The molecule has 0 saturated heterocycles. The smallest absolute Gasteiger partial charge is 0.227 e. The maximum Gasteiger partial charge on any atom is 0.227 e. The summed E-state index contributed by atoms with van der Waals surface area (Å²) in [4.78, 5) is 16.9. The number of amidine groups is 1. The van der Waals surface area contributed by atoms with E-state index in [1.807, 2.05) is 6.92 Å². The van der Waals surface area contributed by atoms with Gasteiger partial charge in [0.25, 0.3) is 0 Å². The Labute approximate surface area is 71.1 Å². The Kier molecular flexibility index (Phi) is 2.70. The molecule has 0 atom stereocenters. The van der Waals surface area contributed by atoms with Gasteiger partial charge < -0.3 is 0 Å². The summed E-state index contributed by atoms with van der Waals surface area (Å²) >= 11 is 4.71. The van der Waals surface area contributed by atoms with Gasteiger partial charge in [-0.3, -0.25) is 14.7 Å². The quantitative estimate of drug-likeness (QED) is 0.570. The van der Waals surface area contributed by atoms with Gasteiger partial charge in [-0.2, -0.15) is 0 Å². The second-order valence-corrected chi connectivity index (χ2v) is 2.49. The Bertz CT molecular complexity index is 212. The van der Waals surface area contributed by atoms with Crippen LogP contribution >= 0.6 is 12.2 Å². The molecule has 0 spiro atoms. The molecule has 3 nitrogen and oxygen atoms in total. The van der Waals surface area contributed by atoms with Crippen LogP contribution in [-0.2, 0) is 4.79 Å². The van der Waals surface area contributed by atoms with E-state index in [0.29, 0.717) is 25.3 Å². The van der Waals surface area contributed by atoms with E-state index in [-0.39, 0.29) is 5.91 Å². The number of thiocarbonyl (C=S) groups is 1. The fourth-order valence-corrected chi connectivity index (χ4v) is 1.21. The van der Waals surface area contributed by atoms with Gasteiger partial charge in [-0.15, -0.1) is 0 Å². The molecule has 11 heavy (non-hydrogen) atoms. The van der Waals surface area contributed by atoms with Crippen LogP contribution in [0.15, 0.2) is 4.99 Å². The van der Waals surface area contributed by atoms with Gasteiger partial charge in [0.2, 0.25) is 5.91 Å². The van der Waals surface area contributed by atoms with Crippen LogP contribution < -0.4 is 0 Å². The van der Waals surface area contributed by atoms with E-state index in [0.717, 1.165) is 0 Å². The molecule has 0 aromatic carbocycles. The number of hydrogen-bond acceptors (Lipinski definition) is 3. The lowest BCUT2D eigenvalue weighted by Gasteiger charge is -2.13. The van der Waals surface area contributed by atoms with E-state index in [2.05, 4.69) is 4.99 Å². The minimum atomic E-state index is 0.0994. The van der Waals surface area contributed by atoms with Gasteiger partial charge in [-0.25, -0.2) is 0 Å². The first-order valence-corrected chi connectivity index (χ1v) is 4.06. The van der Waals surface area contributed by atoms with E-state index in [1.165, 1.54) is 5.37 Å². The van der Waals surface area contributed by atoms with Gasteiger partial charge in [0.1, 0.15) is 5.84 Å². The van der Waals surface area contributed by atoms with Crippen molar-refractivity contribution in [1.29, 1.82) is 0 Å². The third kappa shape index (κ3) is 1.63. The average molecular weight is 170 g/mol. The predicted molar refractivity (Wildman–Crippen MR) is 48.0 cm³/mol. The lowest BCUT2D eigenvalue weighted by atomic mass is 10.4. The molecule has 4 heteroatoms. The molecule has 0 aromatic rings. The van der Waals surface area contributed by atoms with Crippen molar-refractivity contribution in [2.24, 2.45) is 4.99 Å². The van der Waals surface area contributed by atoms with Crippen LogP contribution in [0.1, 0.15) is 13.3 Å². The van der Waals surface area contributed by atoms with Crippen LogP contribution in [0, 0.1) is 0 Å². The fourth-order valence-electron chi connectivity index (χ4n) is 1.01. The summed E-state index contributed by atoms with van der Waals surface area (Å²) < 4.78 is 0. The second-order valence-electron chi connectivity index (χ2n) is 2.26. The summed E-state index contributed by atoms with van der Waals surface area (Å²) in [5.41, 5.74) is 0. The van der Waals surface area contributed by atoms with Crippen LogP contribution in [0.4, 0.5) is 0 Å². The largest absolute Gasteiger partial charge is 0.295 e. The molecule has 0 fully saturated rings. The number of hydrogen-bond donors (Lipinski definition) is 0. The van der Waals surface area contributed by atoms with Gasteiger partial charge >= 0.3 is 0 Å². The maximum atomic E-state index is 11.2. The third-order valence-corrected chi connectivity index (χ3v) is 1.79. The fraction of sp³-hybridized carbons (Fsp3) is 0.571. The van der Waals surface area contributed by atoms with Crippen molar-refractivity contribution in [3.63, 3.8) is 0 Å². The average Bonchev–Trinajstić information content (AvgIpc) is 2.50. The van der Waals surface area contributed by atoms with E-state index in [4.69, 9.17) is 12.2 Å². The highest BCUT2D eigenvalue weighted by Gasteiger charge is 2.19. The van der Waals surface area contributed by atoms with E-state index in [9.17, 15) is 4.79 Å². The summed E-state index contributed by atoms with van der Waals surface area (Å²) in [6, 6.07) is 0. The molecule has 0 radical (unpaired) electrons. The van der Waals surface area contributed by atoms with Crippen molar-refractivity contribution >= 4 is 29.3 Å². The molecule has 0 unspecified atom stereocenters. The number of carbonyl (C=O) groups is 1. The summed E-state index contributed by atoms with van der Waals surface area (Å²) in [7, 11) is 0. The highest BCUT2D eigenvalue weighted by molar-refractivity contribution is 7.80. The topological polar surface area (TPSA) is 32.7 Å². The van der Waals surface area contributed by atoms with Gasteiger partial charge in [0.15, 0.2) is 0 Å². The Morgan fingerprint density at radius 3 is 3.18 bits per heavy atom. The lowest BCUT2D eigenvalue weighted by Crippen LogP contribution is -2.34. The Hall–Kier alpha value is -0.770. The summed E-state index contributed by atoms with van der Waals surface area (Å²) in [5.74, 6) is 0.745. The van der Waals surface area contributed by atoms with Crippen LogP contribution in [-0.4, -0.2) is 35.1 Å². The van der Waals surface area contributed by atoms with Gasteiger partial charge in [0.05, 0.1) is 6.54 Å². The second kappa shape index (κ2) is 3.57. The van der Waals surface area contributed by atoms with Gasteiger partial charge in [-0.05, 0) is 0 Å². The number of aliphatic imine (C=N–C) groups is 1. The molecule has 0 aliphatic carbocycles. The van der Waals surface area contributed by atoms with E-state index in [1.54, 1.807) is 4.90 Å². The minimum Gasteiger partial charge on any atom is -0.295 e. The normalized spacial score (nSPS) is 16.5. The summed E-state index contributed by atoms with van der Waals surface area (Å²) in [6.45, 7) is 3.21. The molecule has 1 aliphatic rings. The first-order valence-electron chi connectivity index (χ1n) is 3.59. The van der Waals surface area contributed by atoms with Crippen molar-refractivity contribution in [1.82, 2.24) is 4.90 Å². The van der Waals surface area contributed by atoms with Crippen LogP contribution in [0.5, 0.6) is 0 Å². The molecular weight excluding hydrogens is 160 g/mol. The van der Waals surface area contributed by atoms with E-state index < -0.39 is 0 Å². The van der Waals surface area contributed by atoms with Crippen LogP contribution in [0.25, 0.3) is 0 Å². The van der Waals surface area contributed by atoms with Gasteiger partial charge in [0, 0.05) is 18.3 Å². The molecular formula is C7H10N2OS. The SMILES string of the molecule is CCC(=O)N1CCN=C1C=S. The molecule has 0 N–H and O–H groups in total.